The van der Waals surface area contributed by atoms with E-state index in [-0.39, 0.29) is 12.7 Å². The lowest BCUT2D eigenvalue weighted by Crippen LogP contribution is -2.21. The molecule has 0 radical (unpaired) electrons. The second-order valence-electron chi connectivity index (χ2n) is 5.90. The molecule has 2 aromatic carbocycles. The smallest absolute Gasteiger partial charge is 0.225 e. The van der Waals surface area contributed by atoms with Crippen LogP contribution in [0, 0.1) is 6.92 Å². The van der Waals surface area contributed by atoms with Crippen molar-refractivity contribution in [2.45, 2.75) is 32.8 Å². The number of aliphatic hydroxyl groups is 1. The molecule has 0 aliphatic carbocycles. The van der Waals surface area contributed by atoms with E-state index >= 15 is 0 Å². The van der Waals surface area contributed by atoms with Gasteiger partial charge in [0.15, 0.2) is 0 Å². The molecule has 0 aliphatic rings. The van der Waals surface area contributed by atoms with Gasteiger partial charge in [0.05, 0.1) is 17.5 Å². The highest BCUT2D eigenvalue weighted by atomic mass is 16.5. The van der Waals surface area contributed by atoms with Crippen LogP contribution in [-0.4, -0.2) is 27.8 Å². The Hall–Kier alpha value is -2.46. The topological polar surface area (TPSA) is 55.2 Å². The minimum absolute atomic E-state index is 0.0258. The van der Waals surface area contributed by atoms with Crippen LogP contribution in [-0.2, 0) is 6.42 Å². The number of aliphatic hydroxyl groups excluding tert-OH is 1. The minimum Gasteiger partial charge on any atom is -0.471 e. The van der Waals surface area contributed by atoms with E-state index in [1.54, 1.807) is 0 Å². The number of aromatic nitrogens is 2. The van der Waals surface area contributed by atoms with Gasteiger partial charge in [-0.3, -0.25) is 0 Å². The van der Waals surface area contributed by atoms with Gasteiger partial charge in [0.2, 0.25) is 5.88 Å². The van der Waals surface area contributed by atoms with Crippen molar-refractivity contribution < 1.29 is 9.84 Å². The summed E-state index contributed by atoms with van der Waals surface area (Å²) >= 11 is 0. The summed E-state index contributed by atoms with van der Waals surface area (Å²) in [5, 5.41) is 10.3. The molecule has 0 amide bonds. The van der Waals surface area contributed by atoms with Crippen molar-refractivity contribution in [3.8, 4) is 5.88 Å². The van der Waals surface area contributed by atoms with E-state index < -0.39 is 0 Å². The molecule has 1 unspecified atom stereocenters. The Morgan fingerprint density at radius 3 is 2.54 bits per heavy atom. The molecule has 3 rings (SSSR count). The summed E-state index contributed by atoms with van der Waals surface area (Å²) in [4.78, 5) is 9.31. The lowest BCUT2D eigenvalue weighted by molar-refractivity contribution is 0.109. The maximum atomic E-state index is 9.43. The first kappa shape index (κ1) is 16.4. The van der Waals surface area contributed by atoms with Crippen LogP contribution >= 0.6 is 0 Å². The van der Waals surface area contributed by atoms with E-state index in [0.717, 1.165) is 23.1 Å². The fourth-order valence-electron chi connectivity index (χ4n) is 2.65. The molecule has 0 spiro atoms. The number of aryl methyl sites for hydroxylation is 1. The molecule has 0 fully saturated rings. The average Bonchev–Trinajstić information content (AvgIpc) is 2.61. The number of hydrogen-bond donors (Lipinski definition) is 1. The second kappa shape index (κ2) is 7.41. The van der Waals surface area contributed by atoms with Crippen molar-refractivity contribution in [3.63, 3.8) is 0 Å². The molecule has 0 aliphatic heterocycles. The van der Waals surface area contributed by atoms with Gasteiger partial charge in [0.1, 0.15) is 11.9 Å². The molecule has 1 atom stereocenters. The fraction of sp³-hybridized carbons (Fsp3) is 0.300. The third kappa shape index (κ3) is 3.54. The van der Waals surface area contributed by atoms with Crippen LogP contribution in [0.5, 0.6) is 5.88 Å². The Balaban J connectivity index is 2.01. The number of hydrogen-bond acceptors (Lipinski definition) is 4. The van der Waals surface area contributed by atoms with Crippen molar-refractivity contribution in [1.82, 2.24) is 9.97 Å². The molecule has 1 N–H and O–H groups in total. The van der Waals surface area contributed by atoms with Gasteiger partial charge in [-0.05, 0) is 36.6 Å². The van der Waals surface area contributed by atoms with E-state index in [4.69, 9.17) is 4.74 Å². The van der Waals surface area contributed by atoms with Gasteiger partial charge in [0.25, 0.3) is 0 Å². The summed E-state index contributed by atoms with van der Waals surface area (Å²) in [5.74, 6) is 1.27. The third-order valence-corrected chi connectivity index (χ3v) is 4.16. The predicted molar refractivity (Wildman–Crippen MR) is 95.3 cm³/mol. The first-order chi connectivity index (χ1) is 11.7. The zero-order chi connectivity index (χ0) is 16.9. The molecule has 0 saturated carbocycles. The zero-order valence-electron chi connectivity index (χ0n) is 14.1. The fourth-order valence-corrected chi connectivity index (χ4v) is 2.65. The van der Waals surface area contributed by atoms with Crippen LogP contribution in [0.1, 0.15) is 30.3 Å². The van der Waals surface area contributed by atoms with Gasteiger partial charge in [-0.2, -0.15) is 4.98 Å². The summed E-state index contributed by atoms with van der Waals surface area (Å²) in [5.41, 5.74) is 3.28. The lowest BCUT2D eigenvalue weighted by atomic mass is 10.1. The molecule has 124 valence electrons. The van der Waals surface area contributed by atoms with E-state index in [2.05, 4.69) is 29.0 Å². The summed E-state index contributed by atoms with van der Waals surface area (Å²) in [6.07, 6.45) is 1.13. The van der Waals surface area contributed by atoms with Crippen molar-refractivity contribution in [2.24, 2.45) is 0 Å². The number of fused-ring (bicyclic) bond motifs is 1. The van der Waals surface area contributed by atoms with Crippen LogP contribution in [0.2, 0.25) is 0 Å². The highest BCUT2D eigenvalue weighted by molar-refractivity contribution is 5.83. The Morgan fingerprint density at radius 2 is 1.79 bits per heavy atom. The largest absolute Gasteiger partial charge is 0.471 e. The summed E-state index contributed by atoms with van der Waals surface area (Å²) < 4.78 is 5.93. The van der Waals surface area contributed by atoms with Crippen LogP contribution in [0.25, 0.3) is 10.9 Å². The average molecular weight is 322 g/mol. The SMILES string of the molecule is CCC(CO)Oc1nc(Cc2ccccc2C)nc2ccccc12. The number of benzene rings is 2. The third-order valence-electron chi connectivity index (χ3n) is 4.16. The summed E-state index contributed by atoms with van der Waals surface area (Å²) in [6.45, 7) is 4.05. The molecular weight excluding hydrogens is 300 g/mol. The first-order valence-electron chi connectivity index (χ1n) is 8.29. The molecule has 24 heavy (non-hydrogen) atoms. The quantitative estimate of drug-likeness (QED) is 0.752. The van der Waals surface area contributed by atoms with Crippen LogP contribution in [0.15, 0.2) is 48.5 Å². The highest BCUT2D eigenvalue weighted by Gasteiger charge is 2.14. The van der Waals surface area contributed by atoms with Gasteiger partial charge >= 0.3 is 0 Å². The molecule has 4 nitrogen and oxygen atoms in total. The second-order valence-corrected chi connectivity index (χ2v) is 5.90. The van der Waals surface area contributed by atoms with Gasteiger partial charge in [-0.15, -0.1) is 0 Å². The van der Waals surface area contributed by atoms with Crippen molar-refractivity contribution in [1.29, 1.82) is 0 Å². The van der Waals surface area contributed by atoms with Crippen molar-refractivity contribution in [3.05, 3.63) is 65.5 Å². The van der Waals surface area contributed by atoms with Gasteiger partial charge in [0, 0.05) is 6.42 Å². The molecular formula is C20H22N2O2. The molecule has 0 bridgehead atoms. The zero-order valence-corrected chi connectivity index (χ0v) is 14.1. The maximum absolute atomic E-state index is 9.43. The van der Waals surface area contributed by atoms with Gasteiger partial charge in [-0.25, -0.2) is 4.98 Å². The van der Waals surface area contributed by atoms with E-state index in [1.807, 2.05) is 43.3 Å². The lowest BCUT2D eigenvalue weighted by Gasteiger charge is -2.16. The minimum atomic E-state index is -0.255. The molecule has 0 saturated heterocycles. The van der Waals surface area contributed by atoms with Crippen LogP contribution < -0.4 is 4.74 Å². The van der Waals surface area contributed by atoms with Crippen LogP contribution in [0.3, 0.4) is 0 Å². The Kier molecular flexibility index (Phi) is 5.06. The number of ether oxygens (including phenoxy) is 1. The maximum Gasteiger partial charge on any atom is 0.225 e. The normalized spacial score (nSPS) is 12.3. The van der Waals surface area contributed by atoms with Gasteiger partial charge in [-0.1, -0.05) is 43.3 Å². The predicted octanol–water partition coefficient (Wildman–Crippen LogP) is 3.68. The van der Waals surface area contributed by atoms with Crippen molar-refractivity contribution >= 4 is 10.9 Å². The van der Waals surface area contributed by atoms with E-state index in [1.165, 1.54) is 11.1 Å². The van der Waals surface area contributed by atoms with Crippen molar-refractivity contribution in [2.75, 3.05) is 6.61 Å². The monoisotopic (exact) mass is 322 g/mol. The standard InChI is InChI=1S/C20H22N2O2/c1-3-16(13-23)24-20-17-10-6-7-11-18(17)21-19(22-20)12-15-9-5-4-8-14(15)2/h4-11,16,23H,3,12-13H2,1-2H3. The Labute approximate surface area is 142 Å². The van der Waals surface area contributed by atoms with E-state index in [9.17, 15) is 5.11 Å². The van der Waals surface area contributed by atoms with E-state index in [0.29, 0.717) is 12.3 Å². The van der Waals surface area contributed by atoms with Gasteiger partial charge < -0.3 is 9.84 Å². The molecule has 3 aromatic rings. The summed E-state index contributed by atoms with van der Waals surface area (Å²) in [6, 6.07) is 16.1. The molecule has 4 heteroatoms. The number of nitrogens with zero attached hydrogens (tertiary/aromatic N) is 2. The number of rotatable bonds is 6. The number of para-hydroxylation sites is 1. The molecule has 1 aromatic heterocycles. The first-order valence-corrected chi connectivity index (χ1v) is 8.29. The molecule has 1 heterocycles. The summed E-state index contributed by atoms with van der Waals surface area (Å²) in [7, 11) is 0. The Morgan fingerprint density at radius 1 is 1.04 bits per heavy atom. The van der Waals surface area contributed by atoms with Crippen LogP contribution in [0.4, 0.5) is 0 Å². The highest BCUT2D eigenvalue weighted by Crippen LogP contribution is 2.25. The Bertz CT molecular complexity index is 829.